The smallest absolute Gasteiger partial charge is 0.0288 e. The van der Waals surface area contributed by atoms with Crippen LogP contribution < -0.4 is 0 Å². The van der Waals surface area contributed by atoms with E-state index in [1.54, 1.807) is 0 Å². The van der Waals surface area contributed by atoms with E-state index >= 15 is 0 Å². The summed E-state index contributed by atoms with van der Waals surface area (Å²) in [6.45, 7) is 20.6. The summed E-state index contributed by atoms with van der Waals surface area (Å²) in [7, 11) is 0. The van der Waals surface area contributed by atoms with E-state index in [0.717, 1.165) is 18.8 Å². The molecule has 0 radical (unpaired) electrons. The molecular weight excluding hydrogens is 216 g/mol. The van der Waals surface area contributed by atoms with Gasteiger partial charge in [0.2, 0.25) is 0 Å². The van der Waals surface area contributed by atoms with Crippen molar-refractivity contribution < 1.29 is 0 Å². The van der Waals surface area contributed by atoms with Crippen LogP contribution in [0.3, 0.4) is 0 Å². The van der Waals surface area contributed by atoms with E-state index in [-0.39, 0.29) is 0 Å². The van der Waals surface area contributed by atoms with Crippen molar-refractivity contribution in [1.82, 2.24) is 0 Å². The Morgan fingerprint density at radius 1 is 1.11 bits per heavy atom. The molecule has 0 saturated heterocycles. The van der Waals surface area contributed by atoms with Crippen molar-refractivity contribution in [3.63, 3.8) is 0 Å². The summed E-state index contributed by atoms with van der Waals surface area (Å²) in [6.07, 6.45) is 10.6. The lowest BCUT2D eigenvalue weighted by molar-refractivity contribution is 0.456. The first kappa shape index (κ1) is 22.6. The van der Waals surface area contributed by atoms with Gasteiger partial charge in [-0.2, -0.15) is 0 Å². The molecule has 0 aromatic carbocycles. The van der Waals surface area contributed by atoms with Crippen LogP contribution in [0.2, 0.25) is 0 Å². The van der Waals surface area contributed by atoms with Gasteiger partial charge < -0.3 is 0 Å². The third kappa shape index (κ3) is 20.8. The van der Waals surface area contributed by atoms with Gasteiger partial charge in [-0.3, -0.25) is 0 Å². The van der Waals surface area contributed by atoms with Crippen LogP contribution >= 0.6 is 0 Å². The van der Waals surface area contributed by atoms with Gasteiger partial charge in [-0.05, 0) is 25.2 Å². The first-order chi connectivity index (χ1) is 8.65. The van der Waals surface area contributed by atoms with E-state index in [1.165, 1.54) is 37.7 Å². The molecular formula is C18H38. The molecule has 0 heterocycles. The molecule has 0 aromatic rings. The predicted molar refractivity (Wildman–Crippen MR) is 89.2 cm³/mol. The highest BCUT2D eigenvalue weighted by Gasteiger charge is 2.06. The van der Waals surface area contributed by atoms with E-state index < -0.39 is 0 Å². The second kappa shape index (κ2) is 21.7. The largest absolute Gasteiger partial charge is 0.103 e. The van der Waals surface area contributed by atoms with Crippen molar-refractivity contribution in [2.45, 2.75) is 86.5 Å². The van der Waals surface area contributed by atoms with Crippen molar-refractivity contribution >= 4 is 0 Å². The minimum absolute atomic E-state index is 0.863. The Bertz CT molecular complexity index is 155. The monoisotopic (exact) mass is 254 g/mol. The molecule has 0 rings (SSSR count). The molecule has 0 aliphatic rings. The Labute approximate surface area is 118 Å². The molecule has 0 bridgehead atoms. The van der Waals surface area contributed by atoms with E-state index in [2.05, 4.69) is 40.9 Å². The molecule has 0 N–H and O–H groups in total. The molecule has 1 atom stereocenters. The van der Waals surface area contributed by atoms with Crippen molar-refractivity contribution in [3.8, 4) is 0 Å². The van der Waals surface area contributed by atoms with Crippen molar-refractivity contribution in [2.24, 2.45) is 5.92 Å². The number of rotatable bonds is 8. The molecule has 0 aliphatic heterocycles. The van der Waals surface area contributed by atoms with Crippen molar-refractivity contribution in [3.05, 3.63) is 24.8 Å². The van der Waals surface area contributed by atoms with Gasteiger partial charge in [-0.1, -0.05) is 85.5 Å². The lowest BCUT2D eigenvalue weighted by Crippen LogP contribution is -1.99. The molecule has 1 unspecified atom stereocenters. The minimum atomic E-state index is 0.863. The fourth-order valence-corrected chi connectivity index (χ4v) is 1.68. The van der Waals surface area contributed by atoms with Crippen molar-refractivity contribution in [1.29, 1.82) is 0 Å². The van der Waals surface area contributed by atoms with Gasteiger partial charge in [-0.25, -0.2) is 0 Å². The minimum Gasteiger partial charge on any atom is -0.103 e. The zero-order valence-electron chi connectivity index (χ0n) is 14.0. The Morgan fingerprint density at radius 3 is 1.94 bits per heavy atom. The fraction of sp³-hybridized carbons (Fsp3) is 0.778. The Morgan fingerprint density at radius 2 is 1.61 bits per heavy atom. The van der Waals surface area contributed by atoms with Gasteiger partial charge in [0.1, 0.15) is 0 Å². The topological polar surface area (TPSA) is 0 Å². The van der Waals surface area contributed by atoms with Gasteiger partial charge >= 0.3 is 0 Å². The fourth-order valence-electron chi connectivity index (χ4n) is 1.68. The molecule has 18 heavy (non-hydrogen) atoms. The van der Waals surface area contributed by atoms with Gasteiger partial charge in [0.15, 0.2) is 0 Å². The van der Waals surface area contributed by atoms with Crippen LogP contribution in [0, 0.1) is 5.92 Å². The normalized spacial score (nSPS) is 10.3. The lowest BCUT2D eigenvalue weighted by atomic mass is 9.92. The molecule has 0 saturated carbocycles. The Balaban J connectivity index is -0.000000389. The van der Waals surface area contributed by atoms with E-state index in [9.17, 15) is 0 Å². The summed E-state index contributed by atoms with van der Waals surface area (Å²) in [4.78, 5) is 0. The number of hydrogen-bond donors (Lipinski definition) is 0. The van der Waals surface area contributed by atoms with Crippen LogP contribution in [0.4, 0.5) is 0 Å². The number of hydrogen-bond acceptors (Lipinski definition) is 0. The molecule has 0 spiro atoms. The van der Waals surface area contributed by atoms with Crippen LogP contribution in [-0.4, -0.2) is 0 Å². The van der Waals surface area contributed by atoms with Crippen LogP contribution in [0.1, 0.15) is 86.5 Å². The van der Waals surface area contributed by atoms with Crippen molar-refractivity contribution in [2.75, 3.05) is 0 Å². The highest BCUT2D eigenvalue weighted by atomic mass is 14.1. The summed E-state index contributed by atoms with van der Waals surface area (Å²) in [5.74, 6) is 0.863. The number of allylic oxidation sites excluding steroid dienone is 2. The van der Waals surface area contributed by atoms with Gasteiger partial charge in [0.25, 0.3) is 0 Å². The molecule has 0 aromatic heterocycles. The molecule has 0 aliphatic carbocycles. The van der Waals surface area contributed by atoms with Crippen LogP contribution in [0.25, 0.3) is 0 Å². The van der Waals surface area contributed by atoms with Gasteiger partial charge in [0, 0.05) is 0 Å². The van der Waals surface area contributed by atoms with Crippen LogP contribution in [0.5, 0.6) is 0 Å². The third-order valence-electron chi connectivity index (χ3n) is 2.55. The zero-order chi connectivity index (χ0) is 14.8. The zero-order valence-corrected chi connectivity index (χ0v) is 14.0. The van der Waals surface area contributed by atoms with Gasteiger partial charge in [-0.15, -0.1) is 6.58 Å². The molecule has 110 valence electrons. The second-order valence-corrected chi connectivity index (χ2v) is 4.55. The summed E-state index contributed by atoms with van der Waals surface area (Å²) in [5, 5.41) is 0. The van der Waals surface area contributed by atoms with E-state index in [1.807, 2.05) is 19.9 Å². The lowest BCUT2D eigenvalue weighted by Gasteiger charge is -2.14. The highest BCUT2D eigenvalue weighted by molar-refractivity contribution is 4.97. The maximum Gasteiger partial charge on any atom is -0.0288 e. The summed E-state index contributed by atoms with van der Waals surface area (Å²) in [6, 6.07) is 0. The summed E-state index contributed by atoms with van der Waals surface area (Å²) >= 11 is 0. The van der Waals surface area contributed by atoms with E-state index in [0.29, 0.717) is 0 Å². The average molecular weight is 255 g/mol. The summed E-state index contributed by atoms with van der Waals surface area (Å²) < 4.78 is 0. The maximum atomic E-state index is 4.11. The molecule has 0 heteroatoms. The highest BCUT2D eigenvalue weighted by Crippen LogP contribution is 2.21. The quantitative estimate of drug-likeness (QED) is 0.403. The molecule has 0 nitrogen and oxygen atoms in total. The first-order valence-corrected chi connectivity index (χ1v) is 7.93. The van der Waals surface area contributed by atoms with Gasteiger partial charge in [0.05, 0.1) is 0 Å². The Kier molecular flexibility index (Phi) is 27.3. The van der Waals surface area contributed by atoms with Crippen LogP contribution in [-0.2, 0) is 0 Å². The van der Waals surface area contributed by atoms with E-state index in [4.69, 9.17) is 0 Å². The maximum absolute atomic E-state index is 4.11. The third-order valence-corrected chi connectivity index (χ3v) is 2.55. The first-order valence-electron chi connectivity index (χ1n) is 7.93. The molecule has 0 fully saturated rings. The SMILES string of the molecule is C=CCCC(=C)CC(CC)CCC.CC.CCC. The summed E-state index contributed by atoms with van der Waals surface area (Å²) in [5.41, 5.74) is 1.40. The van der Waals surface area contributed by atoms with Crippen LogP contribution in [0.15, 0.2) is 24.8 Å². The Hall–Kier alpha value is -0.520. The predicted octanol–water partition coefficient (Wildman–Crippen LogP) is 7.17. The molecule has 0 amide bonds. The second-order valence-electron chi connectivity index (χ2n) is 4.55. The average Bonchev–Trinajstić information content (AvgIpc) is 2.39. The standard InChI is InChI=1S/C13H24.C3H8.C2H6/c1-5-8-10-12(4)11-13(7-3)9-6-2;1-3-2;1-2/h5,13H,1,4,6-11H2,2-3H3;3H2,1-2H3;1-2H3.